The number of benzene rings is 5. The number of rotatable bonds is 1. The lowest BCUT2D eigenvalue weighted by atomic mass is 10.1. The van der Waals surface area contributed by atoms with Crippen molar-refractivity contribution >= 4 is 75.1 Å². The molecule has 33 heavy (non-hydrogen) atoms. The van der Waals surface area contributed by atoms with E-state index in [-0.39, 0.29) is 0 Å². The molecule has 0 saturated heterocycles. The van der Waals surface area contributed by atoms with Crippen molar-refractivity contribution in [3.63, 3.8) is 0 Å². The molecule has 0 bridgehead atoms. The third-order valence-electron chi connectivity index (χ3n) is 6.92. The molecule has 5 aromatic carbocycles. The number of nitrogens with one attached hydrogen (secondary N) is 1. The second-order valence-corrected chi connectivity index (χ2v) is 9.68. The fourth-order valence-corrected chi connectivity index (χ4v) is 6.95. The van der Waals surface area contributed by atoms with Crippen LogP contribution in [0, 0.1) is 0 Å². The first-order chi connectivity index (χ1) is 16.4. The molecule has 0 atom stereocenters. The smallest absolute Gasteiger partial charge is 0.0555 e. The maximum atomic E-state index is 3.61. The first kappa shape index (κ1) is 17.5. The van der Waals surface area contributed by atoms with Gasteiger partial charge in [-0.2, -0.15) is 0 Å². The van der Waals surface area contributed by atoms with Gasteiger partial charge in [0, 0.05) is 58.4 Å². The summed E-state index contributed by atoms with van der Waals surface area (Å²) < 4.78 is 5.13. The molecule has 0 saturated carbocycles. The van der Waals surface area contributed by atoms with E-state index in [0.717, 1.165) is 0 Å². The quantitative estimate of drug-likeness (QED) is 0.264. The third kappa shape index (κ3) is 2.22. The number of hydrogen-bond acceptors (Lipinski definition) is 1. The predicted molar refractivity (Wildman–Crippen MR) is 143 cm³/mol. The Morgan fingerprint density at radius 1 is 0.485 bits per heavy atom. The first-order valence-corrected chi connectivity index (χ1v) is 12.0. The molecule has 1 N–H and O–H groups in total. The van der Waals surface area contributed by atoms with E-state index in [9.17, 15) is 0 Å². The Morgan fingerprint density at radius 3 is 2.06 bits per heavy atom. The highest BCUT2D eigenvalue weighted by molar-refractivity contribution is 7.27. The zero-order chi connectivity index (χ0) is 21.5. The largest absolute Gasteiger partial charge is 0.354 e. The molecule has 2 nitrogen and oxygen atoms in total. The van der Waals surface area contributed by atoms with Crippen molar-refractivity contribution in [2.75, 3.05) is 0 Å². The average molecular weight is 439 g/mol. The molecule has 8 rings (SSSR count). The van der Waals surface area contributed by atoms with Crippen molar-refractivity contribution in [1.82, 2.24) is 9.55 Å². The van der Waals surface area contributed by atoms with E-state index in [1.165, 1.54) is 69.5 Å². The van der Waals surface area contributed by atoms with Gasteiger partial charge in [-0.25, -0.2) is 0 Å². The SMILES string of the molecule is c1ccc(-n2c3ccccc3c3c4sc5c(ccc6[nH]c7ccccc7c65)c4ccc32)cc1. The van der Waals surface area contributed by atoms with Crippen molar-refractivity contribution in [3.05, 3.63) is 103 Å². The number of thiophene rings is 1. The topological polar surface area (TPSA) is 20.7 Å². The summed E-state index contributed by atoms with van der Waals surface area (Å²) in [5.74, 6) is 0. The van der Waals surface area contributed by atoms with Crippen molar-refractivity contribution in [2.45, 2.75) is 0 Å². The molecule has 0 aliphatic heterocycles. The molecule has 3 heteroatoms. The summed E-state index contributed by atoms with van der Waals surface area (Å²) in [6.07, 6.45) is 0. The minimum Gasteiger partial charge on any atom is -0.354 e. The Labute approximate surface area is 193 Å². The Hall–Kier alpha value is -4.08. The highest BCUT2D eigenvalue weighted by Gasteiger charge is 2.19. The number of para-hydroxylation sites is 3. The maximum absolute atomic E-state index is 3.61. The molecule has 0 aliphatic rings. The van der Waals surface area contributed by atoms with E-state index in [1.54, 1.807) is 0 Å². The average Bonchev–Trinajstić information content (AvgIpc) is 3.53. The summed E-state index contributed by atoms with van der Waals surface area (Å²) in [6, 6.07) is 37.2. The summed E-state index contributed by atoms with van der Waals surface area (Å²) in [5.41, 5.74) is 6.11. The minimum absolute atomic E-state index is 1.20. The van der Waals surface area contributed by atoms with E-state index in [1.807, 2.05) is 11.3 Å². The molecule has 0 aliphatic carbocycles. The molecule has 3 aromatic heterocycles. The van der Waals surface area contributed by atoms with Gasteiger partial charge in [-0.05, 0) is 36.4 Å². The van der Waals surface area contributed by atoms with Crippen LogP contribution < -0.4 is 0 Å². The Bertz CT molecular complexity index is 2020. The van der Waals surface area contributed by atoms with Crippen LogP contribution in [0.2, 0.25) is 0 Å². The summed E-state index contributed by atoms with van der Waals surface area (Å²) in [6.45, 7) is 0. The fraction of sp³-hybridized carbons (Fsp3) is 0. The number of hydrogen-bond donors (Lipinski definition) is 1. The van der Waals surface area contributed by atoms with Gasteiger partial charge in [0.1, 0.15) is 0 Å². The fourth-order valence-electron chi connectivity index (χ4n) is 5.53. The summed E-state index contributed by atoms with van der Waals surface area (Å²) >= 11 is 1.93. The highest BCUT2D eigenvalue weighted by atomic mass is 32.1. The number of nitrogens with zero attached hydrogens (tertiary/aromatic N) is 1. The summed E-state index contributed by atoms with van der Waals surface area (Å²) in [4.78, 5) is 3.61. The Balaban J connectivity index is 1.60. The van der Waals surface area contributed by atoms with Crippen LogP contribution in [0.1, 0.15) is 0 Å². The molecule has 154 valence electrons. The molecule has 0 amide bonds. The summed E-state index contributed by atoms with van der Waals surface area (Å²) in [7, 11) is 0. The van der Waals surface area contributed by atoms with E-state index in [4.69, 9.17) is 0 Å². The monoisotopic (exact) mass is 438 g/mol. The lowest BCUT2D eigenvalue weighted by Gasteiger charge is -2.07. The van der Waals surface area contributed by atoms with Gasteiger partial charge in [0.25, 0.3) is 0 Å². The lowest BCUT2D eigenvalue weighted by molar-refractivity contribution is 1.18. The van der Waals surface area contributed by atoms with Gasteiger partial charge in [0.15, 0.2) is 0 Å². The van der Waals surface area contributed by atoms with E-state index in [2.05, 4.69) is 113 Å². The van der Waals surface area contributed by atoms with Gasteiger partial charge in [0.05, 0.1) is 11.0 Å². The summed E-state index contributed by atoms with van der Waals surface area (Å²) in [5, 5.41) is 7.97. The van der Waals surface area contributed by atoms with Gasteiger partial charge in [-0.15, -0.1) is 11.3 Å². The highest BCUT2D eigenvalue weighted by Crippen LogP contribution is 2.46. The van der Waals surface area contributed by atoms with Crippen molar-refractivity contribution in [2.24, 2.45) is 0 Å². The molecule has 8 aromatic rings. The van der Waals surface area contributed by atoms with Crippen molar-refractivity contribution in [3.8, 4) is 5.69 Å². The first-order valence-electron chi connectivity index (χ1n) is 11.2. The van der Waals surface area contributed by atoms with Gasteiger partial charge in [-0.1, -0.05) is 66.7 Å². The van der Waals surface area contributed by atoms with Gasteiger partial charge in [0.2, 0.25) is 0 Å². The molecular formula is C30H18N2S. The van der Waals surface area contributed by atoms with Crippen molar-refractivity contribution < 1.29 is 0 Å². The van der Waals surface area contributed by atoms with Crippen LogP contribution in [-0.2, 0) is 0 Å². The van der Waals surface area contributed by atoms with Crippen LogP contribution in [0.25, 0.3) is 69.5 Å². The third-order valence-corrected chi connectivity index (χ3v) is 8.18. The zero-order valence-corrected chi connectivity index (χ0v) is 18.5. The standard InChI is InChI=1S/C30H18N2S/c1-2-8-18(9-3-1)32-25-13-7-5-11-22(25)28-26(32)17-15-20-19-14-16-24-27(29(19)33-30(20)28)21-10-4-6-12-23(21)31-24/h1-17,31H. The van der Waals surface area contributed by atoms with Gasteiger partial charge < -0.3 is 9.55 Å². The number of H-pyrrole nitrogens is 1. The Kier molecular flexibility index (Phi) is 3.31. The van der Waals surface area contributed by atoms with Crippen LogP contribution in [-0.4, -0.2) is 9.55 Å². The Morgan fingerprint density at radius 2 is 1.18 bits per heavy atom. The number of aromatic amines is 1. The molecular weight excluding hydrogens is 420 g/mol. The molecule has 0 unspecified atom stereocenters. The lowest BCUT2D eigenvalue weighted by Crippen LogP contribution is -1.92. The maximum Gasteiger partial charge on any atom is 0.0555 e. The van der Waals surface area contributed by atoms with Crippen LogP contribution in [0.3, 0.4) is 0 Å². The van der Waals surface area contributed by atoms with Crippen LogP contribution in [0.15, 0.2) is 103 Å². The van der Waals surface area contributed by atoms with Crippen molar-refractivity contribution in [1.29, 1.82) is 0 Å². The molecule has 0 spiro atoms. The zero-order valence-electron chi connectivity index (χ0n) is 17.7. The van der Waals surface area contributed by atoms with E-state index >= 15 is 0 Å². The van der Waals surface area contributed by atoms with E-state index < -0.39 is 0 Å². The van der Waals surface area contributed by atoms with Crippen LogP contribution in [0.4, 0.5) is 0 Å². The van der Waals surface area contributed by atoms with Crippen LogP contribution >= 0.6 is 11.3 Å². The number of aromatic nitrogens is 2. The van der Waals surface area contributed by atoms with Gasteiger partial charge >= 0.3 is 0 Å². The normalized spacial score (nSPS) is 12.2. The van der Waals surface area contributed by atoms with E-state index in [0.29, 0.717) is 0 Å². The second-order valence-electron chi connectivity index (χ2n) is 8.66. The molecule has 0 fully saturated rings. The van der Waals surface area contributed by atoms with Gasteiger partial charge in [-0.3, -0.25) is 0 Å². The van der Waals surface area contributed by atoms with Crippen LogP contribution in [0.5, 0.6) is 0 Å². The second kappa shape index (κ2) is 6.25. The predicted octanol–water partition coefficient (Wildman–Crippen LogP) is 8.79. The molecule has 0 radical (unpaired) electrons. The minimum atomic E-state index is 1.20. The number of fused-ring (bicyclic) bond motifs is 11. The molecule has 3 heterocycles.